The van der Waals surface area contributed by atoms with Crippen molar-refractivity contribution in [3.05, 3.63) is 58.9 Å². The summed E-state index contributed by atoms with van der Waals surface area (Å²) in [6.07, 6.45) is 2.95. The smallest absolute Gasteiger partial charge is 0.329 e. The van der Waals surface area contributed by atoms with E-state index in [0.29, 0.717) is 21.5 Å². The highest BCUT2D eigenvalue weighted by molar-refractivity contribution is 6.32. The molecule has 0 saturated carbocycles. The van der Waals surface area contributed by atoms with Gasteiger partial charge in [-0.1, -0.05) is 11.6 Å². The van der Waals surface area contributed by atoms with Crippen LogP contribution in [0.25, 0.3) is 10.9 Å². The van der Waals surface area contributed by atoms with E-state index in [9.17, 15) is 14.7 Å². The van der Waals surface area contributed by atoms with Crippen molar-refractivity contribution in [1.82, 2.24) is 14.9 Å². The van der Waals surface area contributed by atoms with E-state index < -0.39 is 17.7 Å². The highest BCUT2D eigenvalue weighted by atomic mass is 35.5. The zero-order chi connectivity index (χ0) is 18.1. The summed E-state index contributed by atoms with van der Waals surface area (Å²) in [5.41, 5.74) is 0.720. The van der Waals surface area contributed by atoms with Gasteiger partial charge in [0.1, 0.15) is 0 Å². The number of carbonyl (C=O) groups excluding carboxylic acids is 2. The van der Waals surface area contributed by atoms with E-state index in [-0.39, 0.29) is 11.6 Å². The number of fused-ring (bicyclic) bond motifs is 1. The fourth-order valence-corrected chi connectivity index (χ4v) is 2.80. The number of halogens is 1. The number of pyridine rings is 1. The molecular formula is C18H16ClN3O3. The Hall–Kier alpha value is -2.86. The van der Waals surface area contributed by atoms with Crippen LogP contribution in [0.1, 0.15) is 29.8 Å². The Kier molecular flexibility index (Phi) is 4.46. The predicted molar refractivity (Wildman–Crippen MR) is 95.3 cm³/mol. The van der Waals surface area contributed by atoms with Crippen LogP contribution in [0.15, 0.2) is 42.7 Å². The van der Waals surface area contributed by atoms with Crippen molar-refractivity contribution in [3.8, 4) is 5.88 Å². The van der Waals surface area contributed by atoms with Crippen LogP contribution in [0.5, 0.6) is 5.88 Å². The number of amides is 1. The van der Waals surface area contributed by atoms with Crippen LogP contribution in [-0.4, -0.2) is 32.5 Å². The zero-order valence-corrected chi connectivity index (χ0v) is 14.4. The number of aromatic nitrogens is 2. The third kappa shape index (κ3) is 3.08. The van der Waals surface area contributed by atoms with Gasteiger partial charge in [-0.05, 0) is 44.2 Å². The van der Waals surface area contributed by atoms with Gasteiger partial charge in [-0.3, -0.25) is 9.78 Å². The summed E-state index contributed by atoms with van der Waals surface area (Å²) in [7, 11) is 0. The average Bonchev–Trinajstić information content (AvgIpc) is 2.85. The Bertz CT molecular complexity index is 965. The van der Waals surface area contributed by atoms with Gasteiger partial charge in [0.2, 0.25) is 11.7 Å². The quantitative estimate of drug-likeness (QED) is 0.701. The van der Waals surface area contributed by atoms with Gasteiger partial charge in [-0.2, -0.15) is 0 Å². The highest BCUT2D eigenvalue weighted by Crippen LogP contribution is 2.34. The Morgan fingerprint density at radius 1 is 1.28 bits per heavy atom. The van der Waals surface area contributed by atoms with Crippen LogP contribution in [0.3, 0.4) is 0 Å². The van der Waals surface area contributed by atoms with E-state index in [2.05, 4.69) is 10.3 Å². The maximum Gasteiger partial charge on any atom is 0.329 e. The van der Waals surface area contributed by atoms with Gasteiger partial charge in [0.05, 0.1) is 11.1 Å². The van der Waals surface area contributed by atoms with Gasteiger partial charge in [0, 0.05) is 34.4 Å². The van der Waals surface area contributed by atoms with Gasteiger partial charge in [0.15, 0.2) is 0 Å². The first-order valence-electron chi connectivity index (χ1n) is 7.68. The van der Waals surface area contributed by atoms with Gasteiger partial charge in [-0.25, -0.2) is 9.36 Å². The van der Waals surface area contributed by atoms with E-state index >= 15 is 0 Å². The molecule has 0 saturated heterocycles. The van der Waals surface area contributed by atoms with Crippen LogP contribution >= 0.6 is 11.6 Å². The number of nitrogens with one attached hydrogen (secondary N) is 1. The number of benzene rings is 1. The molecule has 0 fully saturated rings. The van der Waals surface area contributed by atoms with Gasteiger partial charge < -0.3 is 10.4 Å². The van der Waals surface area contributed by atoms with Crippen molar-refractivity contribution in [2.24, 2.45) is 0 Å². The molecule has 6 nitrogen and oxygen atoms in total. The lowest BCUT2D eigenvalue weighted by Crippen LogP contribution is -2.33. The van der Waals surface area contributed by atoms with Gasteiger partial charge >= 0.3 is 6.03 Å². The summed E-state index contributed by atoms with van der Waals surface area (Å²) >= 11 is 6.05. The number of ketones is 1. The lowest BCUT2D eigenvalue weighted by atomic mass is 10.0. The second-order valence-electron chi connectivity index (χ2n) is 5.87. The largest absolute Gasteiger partial charge is 0.494 e. The van der Waals surface area contributed by atoms with Crippen molar-refractivity contribution in [2.75, 3.05) is 0 Å². The van der Waals surface area contributed by atoms with Crippen molar-refractivity contribution in [2.45, 2.75) is 19.9 Å². The Labute approximate surface area is 149 Å². The zero-order valence-electron chi connectivity index (χ0n) is 13.7. The molecule has 0 aliphatic rings. The molecule has 2 aromatic heterocycles. The number of aromatic hydroxyl groups is 1. The fraction of sp³-hybridized carbons (Fsp3) is 0.167. The minimum Gasteiger partial charge on any atom is -0.494 e. The molecule has 2 heterocycles. The maximum absolute atomic E-state index is 12.9. The molecule has 25 heavy (non-hydrogen) atoms. The van der Waals surface area contributed by atoms with E-state index in [4.69, 9.17) is 11.6 Å². The number of rotatable bonds is 3. The summed E-state index contributed by atoms with van der Waals surface area (Å²) in [6, 6.07) is 7.31. The molecule has 3 aromatic rings. The first-order valence-corrected chi connectivity index (χ1v) is 8.06. The second-order valence-corrected chi connectivity index (χ2v) is 6.31. The topological polar surface area (TPSA) is 84.2 Å². The maximum atomic E-state index is 12.9. The molecule has 1 amide bonds. The minimum absolute atomic E-state index is 0.0180. The molecule has 0 aliphatic heterocycles. The van der Waals surface area contributed by atoms with Crippen molar-refractivity contribution < 1.29 is 14.7 Å². The minimum atomic E-state index is -0.523. The average molecular weight is 358 g/mol. The number of carbonyl (C=O) groups is 2. The molecular weight excluding hydrogens is 342 g/mol. The molecule has 0 atom stereocenters. The predicted octanol–water partition coefficient (Wildman–Crippen LogP) is 3.59. The lowest BCUT2D eigenvalue weighted by Gasteiger charge is -2.10. The number of hydrogen-bond donors (Lipinski definition) is 2. The summed E-state index contributed by atoms with van der Waals surface area (Å²) in [5, 5.41) is 14.1. The van der Waals surface area contributed by atoms with Crippen LogP contribution in [0.2, 0.25) is 5.02 Å². The second kappa shape index (κ2) is 6.57. The van der Waals surface area contributed by atoms with Gasteiger partial charge in [-0.15, -0.1) is 0 Å². The van der Waals surface area contributed by atoms with Crippen molar-refractivity contribution in [1.29, 1.82) is 0 Å². The van der Waals surface area contributed by atoms with E-state index in [1.54, 1.807) is 50.4 Å². The third-order valence-corrected chi connectivity index (χ3v) is 3.91. The van der Waals surface area contributed by atoms with Crippen LogP contribution in [-0.2, 0) is 0 Å². The molecule has 128 valence electrons. The molecule has 0 bridgehead atoms. The SMILES string of the molecule is CC(C)NC(=O)n1c(O)c(C(=O)c2cccnc2)c2cc(Cl)ccc21. The van der Waals surface area contributed by atoms with Gasteiger partial charge in [0.25, 0.3) is 0 Å². The molecule has 0 radical (unpaired) electrons. The van der Waals surface area contributed by atoms with Crippen molar-refractivity contribution >= 4 is 34.3 Å². The molecule has 3 rings (SSSR count). The fourth-order valence-electron chi connectivity index (χ4n) is 2.63. The molecule has 2 N–H and O–H groups in total. The van der Waals surface area contributed by atoms with Crippen LogP contribution in [0.4, 0.5) is 4.79 Å². The van der Waals surface area contributed by atoms with E-state index in [0.717, 1.165) is 4.57 Å². The summed E-state index contributed by atoms with van der Waals surface area (Å²) in [5.74, 6) is -0.863. The molecule has 7 heteroatoms. The first-order chi connectivity index (χ1) is 11.9. The summed E-state index contributed by atoms with van der Waals surface area (Å²) in [4.78, 5) is 29.3. The summed E-state index contributed by atoms with van der Waals surface area (Å²) < 4.78 is 1.08. The van der Waals surface area contributed by atoms with Crippen molar-refractivity contribution in [3.63, 3.8) is 0 Å². The number of nitrogens with zero attached hydrogens (tertiary/aromatic N) is 2. The first kappa shape index (κ1) is 17.0. The Morgan fingerprint density at radius 3 is 2.68 bits per heavy atom. The van der Waals surface area contributed by atoms with E-state index in [1.165, 1.54) is 6.20 Å². The molecule has 1 aromatic carbocycles. The van der Waals surface area contributed by atoms with Crippen LogP contribution < -0.4 is 5.32 Å². The monoisotopic (exact) mass is 357 g/mol. The Morgan fingerprint density at radius 2 is 2.04 bits per heavy atom. The molecule has 0 spiro atoms. The highest BCUT2D eigenvalue weighted by Gasteiger charge is 2.26. The third-order valence-electron chi connectivity index (χ3n) is 3.67. The lowest BCUT2D eigenvalue weighted by molar-refractivity contribution is 0.103. The molecule has 0 aliphatic carbocycles. The summed E-state index contributed by atoms with van der Waals surface area (Å²) in [6.45, 7) is 3.61. The molecule has 0 unspecified atom stereocenters. The normalized spacial score (nSPS) is 11.0. The number of hydrogen-bond acceptors (Lipinski definition) is 4. The van der Waals surface area contributed by atoms with Crippen LogP contribution in [0, 0.1) is 0 Å². The Balaban J connectivity index is 2.25. The standard InChI is InChI=1S/C18H16ClN3O3/c1-10(2)21-18(25)22-14-6-5-12(19)8-13(14)15(17(22)24)16(23)11-4-3-7-20-9-11/h3-10,24H,1-2H3,(H,21,25). The van der Waals surface area contributed by atoms with E-state index in [1.807, 2.05) is 0 Å².